The zero-order valence-electron chi connectivity index (χ0n) is 14.7. The number of thioether (sulfide) groups is 1. The van der Waals surface area contributed by atoms with Crippen molar-refractivity contribution < 1.29 is 4.79 Å². The van der Waals surface area contributed by atoms with Gasteiger partial charge in [-0.05, 0) is 63.5 Å². The molecule has 1 fully saturated rings. The van der Waals surface area contributed by atoms with Crippen LogP contribution in [0.2, 0.25) is 0 Å². The van der Waals surface area contributed by atoms with E-state index in [4.69, 9.17) is 4.98 Å². The number of rotatable bonds is 6. The number of nitrogens with zero attached hydrogens (tertiary/aromatic N) is 2. The summed E-state index contributed by atoms with van der Waals surface area (Å²) in [6, 6.07) is 10.7. The monoisotopic (exact) mass is 355 g/mol. The number of aryl methyl sites for hydroxylation is 1. The molecule has 1 saturated carbocycles. The Bertz CT molecular complexity index is 752. The molecule has 132 valence electrons. The SMILES string of the molecule is CC(NC(=O)CSc1nc2c(n1-c1ccccc1)CCCC2)C1CC1. The second-order valence-electron chi connectivity index (χ2n) is 7.15. The first-order valence-corrected chi connectivity index (χ1v) is 10.3. The Hall–Kier alpha value is -1.75. The van der Waals surface area contributed by atoms with Gasteiger partial charge in [-0.25, -0.2) is 4.98 Å². The molecule has 1 N–H and O–H groups in total. The molecule has 4 rings (SSSR count). The van der Waals surface area contributed by atoms with E-state index in [1.54, 1.807) is 11.8 Å². The van der Waals surface area contributed by atoms with Gasteiger partial charge < -0.3 is 5.32 Å². The predicted octanol–water partition coefficient (Wildman–Crippen LogP) is 3.76. The summed E-state index contributed by atoms with van der Waals surface area (Å²) in [5.74, 6) is 1.23. The second kappa shape index (κ2) is 7.24. The van der Waals surface area contributed by atoms with Gasteiger partial charge in [0.05, 0.1) is 11.4 Å². The summed E-state index contributed by atoms with van der Waals surface area (Å²) in [7, 11) is 0. The van der Waals surface area contributed by atoms with Crippen molar-refractivity contribution in [3.05, 3.63) is 41.7 Å². The van der Waals surface area contributed by atoms with Gasteiger partial charge in [0.15, 0.2) is 5.16 Å². The number of nitrogens with one attached hydrogen (secondary N) is 1. The van der Waals surface area contributed by atoms with Crippen LogP contribution in [-0.4, -0.2) is 27.3 Å². The maximum atomic E-state index is 12.3. The Labute approximate surface area is 153 Å². The van der Waals surface area contributed by atoms with Gasteiger partial charge in [0.1, 0.15) is 0 Å². The molecule has 2 aromatic rings. The molecule has 5 heteroatoms. The zero-order chi connectivity index (χ0) is 17.2. The van der Waals surface area contributed by atoms with Crippen LogP contribution in [0, 0.1) is 5.92 Å². The van der Waals surface area contributed by atoms with E-state index < -0.39 is 0 Å². The van der Waals surface area contributed by atoms with Gasteiger partial charge in [-0.3, -0.25) is 9.36 Å². The number of hydrogen-bond donors (Lipinski definition) is 1. The highest BCUT2D eigenvalue weighted by molar-refractivity contribution is 7.99. The summed E-state index contributed by atoms with van der Waals surface area (Å²) in [6.07, 6.45) is 7.05. The number of benzene rings is 1. The molecule has 0 bridgehead atoms. The quantitative estimate of drug-likeness (QED) is 0.803. The van der Waals surface area contributed by atoms with Crippen LogP contribution in [-0.2, 0) is 17.6 Å². The van der Waals surface area contributed by atoms with Crippen LogP contribution in [0.15, 0.2) is 35.5 Å². The summed E-state index contributed by atoms with van der Waals surface area (Å²) in [5, 5.41) is 4.09. The Kier molecular flexibility index (Phi) is 4.84. The molecule has 0 aliphatic heterocycles. The Morgan fingerprint density at radius 3 is 2.80 bits per heavy atom. The van der Waals surface area contributed by atoms with Crippen LogP contribution < -0.4 is 5.32 Å². The molecule has 4 nitrogen and oxygen atoms in total. The molecule has 0 radical (unpaired) electrons. The number of carbonyl (C=O) groups is 1. The van der Waals surface area contributed by atoms with Crippen molar-refractivity contribution in [3.63, 3.8) is 0 Å². The molecule has 1 atom stereocenters. The van der Waals surface area contributed by atoms with Gasteiger partial charge in [-0.2, -0.15) is 0 Å². The smallest absolute Gasteiger partial charge is 0.230 e. The van der Waals surface area contributed by atoms with E-state index in [9.17, 15) is 4.79 Å². The number of imidazole rings is 1. The molecule has 2 aliphatic carbocycles. The van der Waals surface area contributed by atoms with Crippen LogP contribution >= 0.6 is 11.8 Å². The minimum Gasteiger partial charge on any atom is -0.353 e. The molecule has 0 spiro atoms. The molecule has 1 aromatic carbocycles. The van der Waals surface area contributed by atoms with Gasteiger partial charge in [0.25, 0.3) is 0 Å². The lowest BCUT2D eigenvalue weighted by atomic mass is 10.0. The first kappa shape index (κ1) is 16.7. The standard InChI is InChI=1S/C20H25N3OS/c1-14(15-11-12-15)21-19(24)13-25-20-22-17-9-5-6-10-18(17)23(20)16-7-3-2-4-8-16/h2-4,7-8,14-15H,5-6,9-13H2,1H3,(H,21,24). The average Bonchev–Trinajstić information content (AvgIpc) is 3.41. The highest BCUT2D eigenvalue weighted by atomic mass is 32.2. The molecule has 1 heterocycles. The fourth-order valence-electron chi connectivity index (χ4n) is 3.60. The van der Waals surface area contributed by atoms with Crippen LogP contribution in [0.5, 0.6) is 0 Å². The highest BCUT2D eigenvalue weighted by Crippen LogP contribution is 2.33. The maximum Gasteiger partial charge on any atom is 0.230 e. The first-order chi connectivity index (χ1) is 12.2. The van der Waals surface area contributed by atoms with Gasteiger partial charge in [0.2, 0.25) is 5.91 Å². The zero-order valence-corrected chi connectivity index (χ0v) is 15.5. The van der Waals surface area contributed by atoms with Crippen LogP contribution in [0.25, 0.3) is 5.69 Å². The third-order valence-corrected chi connectivity index (χ3v) is 6.11. The number of carbonyl (C=O) groups excluding carboxylic acids is 1. The topological polar surface area (TPSA) is 46.9 Å². The molecule has 2 aliphatic rings. The lowest BCUT2D eigenvalue weighted by Crippen LogP contribution is -2.35. The van der Waals surface area contributed by atoms with Gasteiger partial charge in [-0.1, -0.05) is 30.0 Å². The van der Waals surface area contributed by atoms with Crippen molar-refractivity contribution in [1.29, 1.82) is 0 Å². The van der Waals surface area contributed by atoms with E-state index in [0.717, 1.165) is 23.7 Å². The number of para-hydroxylation sites is 1. The van der Waals surface area contributed by atoms with Crippen molar-refractivity contribution in [2.45, 2.75) is 56.6 Å². The molecule has 25 heavy (non-hydrogen) atoms. The summed E-state index contributed by atoms with van der Waals surface area (Å²) >= 11 is 1.56. The Balaban J connectivity index is 1.52. The van der Waals surface area contributed by atoms with E-state index in [-0.39, 0.29) is 5.91 Å². The number of aromatic nitrogens is 2. The van der Waals surface area contributed by atoms with E-state index in [2.05, 4.69) is 41.1 Å². The van der Waals surface area contributed by atoms with Crippen molar-refractivity contribution in [2.24, 2.45) is 5.92 Å². The lowest BCUT2D eigenvalue weighted by molar-refractivity contribution is -0.119. The number of amides is 1. The third-order valence-electron chi connectivity index (χ3n) is 5.17. The third kappa shape index (κ3) is 3.76. The fourth-order valence-corrected chi connectivity index (χ4v) is 4.46. The number of fused-ring (bicyclic) bond motifs is 1. The number of hydrogen-bond acceptors (Lipinski definition) is 3. The van der Waals surface area contributed by atoms with E-state index in [1.165, 1.54) is 37.1 Å². The lowest BCUT2D eigenvalue weighted by Gasteiger charge is -2.15. The minimum atomic E-state index is 0.116. The van der Waals surface area contributed by atoms with Crippen LogP contribution in [0.4, 0.5) is 0 Å². The van der Waals surface area contributed by atoms with Gasteiger partial charge in [-0.15, -0.1) is 0 Å². The van der Waals surface area contributed by atoms with Crippen molar-refractivity contribution in [3.8, 4) is 5.69 Å². The summed E-state index contributed by atoms with van der Waals surface area (Å²) in [4.78, 5) is 17.2. The summed E-state index contributed by atoms with van der Waals surface area (Å²) in [6.45, 7) is 2.11. The summed E-state index contributed by atoms with van der Waals surface area (Å²) < 4.78 is 2.26. The van der Waals surface area contributed by atoms with E-state index >= 15 is 0 Å². The maximum absolute atomic E-state index is 12.3. The normalized spacial score (nSPS) is 17.8. The molecule has 0 saturated heterocycles. The van der Waals surface area contributed by atoms with Crippen molar-refractivity contribution in [2.75, 3.05) is 5.75 Å². The Morgan fingerprint density at radius 2 is 2.04 bits per heavy atom. The minimum absolute atomic E-state index is 0.116. The molecular formula is C20H25N3OS. The average molecular weight is 356 g/mol. The first-order valence-electron chi connectivity index (χ1n) is 9.30. The second-order valence-corrected chi connectivity index (χ2v) is 8.09. The Morgan fingerprint density at radius 1 is 1.28 bits per heavy atom. The van der Waals surface area contributed by atoms with Crippen molar-refractivity contribution in [1.82, 2.24) is 14.9 Å². The highest BCUT2D eigenvalue weighted by Gasteiger charge is 2.29. The van der Waals surface area contributed by atoms with Crippen molar-refractivity contribution >= 4 is 17.7 Å². The van der Waals surface area contributed by atoms with E-state index in [1.807, 2.05) is 6.07 Å². The summed E-state index contributed by atoms with van der Waals surface area (Å²) in [5.41, 5.74) is 3.68. The van der Waals surface area contributed by atoms with Crippen LogP contribution in [0.3, 0.4) is 0 Å². The molecule has 1 aromatic heterocycles. The molecular weight excluding hydrogens is 330 g/mol. The molecule has 1 unspecified atom stereocenters. The predicted molar refractivity (Wildman–Crippen MR) is 101 cm³/mol. The molecule has 1 amide bonds. The largest absolute Gasteiger partial charge is 0.353 e. The fraction of sp³-hybridized carbons (Fsp3) is 0.500. The van der Waals surface area contributed by atoms with E-state index in [0.29, 0.717) is 17.7 Å². The van der Waals surface area contributed by atoms with Gasteiger partial charge >= 0.3 is 0 Å². The van der Waals surface area contributed by atoms with Gasteiger partial charge in [0, 0.05) is 17.4 Å². The van der Waals surface area contributed by atoms with Crippen LogP contribution in [0.1, 0.15) is 44.0 Å².